The van der Waals surface area contributed by atoms with Crippen molar-refractivity contribution in [2.24, 2.45) is 10.9 Å². The average Bonchev–Trinajstić information content (AvgIpc) is 2.52. The summed E-state index contributed by atoms with van der Waals surface area (Å²) >= 11 is 0. The topological polar surface area (TPSA) is 52.1 Å². The number of hydrogen-bond acceptors (Lipinski definition) is 4. The molecular weight excluding hydrogens is 347 g/mol. The summed E-state index contributed by atoms with van der Waals surface area (Å²) in [5.74, 6) is 1.28. The lowest BCUT2D eigenvalue weighted by Crippen LogP contribution is -2.50. The maximum Gasteiger partial charge on any atom is 0.401 e. The molecule has 0 bridgehead atoms. The molecule has 0 radical (unpaired) electrons. The Morgan fingerprint density at radius 3 is 2.69 bits per heavy atom. The van der Waals surface area contributed by atoms with Crippen LogP contribution in [0.25, 0.3) is 0 Å². The maximum atomic E-state index is 12.3. The van der Waals surface area contributed by atoms with E-state index in [0.717, 1.165) is 26.2 Å². The van der Waals surface area contributed by atoms with E-state index in [4.69, 9.17) is 4.74 Å². The minimum Gasteiger partial charge on any atom is -0.374 e. The fourth-order valence-electron chi connectivity index (χ4n) is 2.96. The van der Waals surface area contributed by atoms with Crippen molar-refractivity contribution in [3.8, 4) is 0 Å². The third-order valence-corrected chi connectivity index (χ3v) is 4.03. The fourth-order valence-corrected chi connectivity index (χ4v) is 2.96. The molecule has 0 aromatic carbocycles. The lowest BCUT2D eigenvalue weighted by Gasteiger charge is -2.34. The minimum atomic E-state index is -4.15. The highest BCUT2D eigenvalue weighted by atomic mass is 19.4. The van der Waals surface area contributed by atoms with Crippen LogP contribution in [-0.2, 0) is 4.74 Å². The van der Waals surface area contributed by atoms with E-state index in [2.05, 4.69) is 34.4 Å². The van der Waals surface area contributed by atoms with Gasteiger partial charge in [-0.15, -0.1) is 0 Å². The van der Waals surface area contributed by atoms with Crippen molar-refractivity contribution in [3.05, 3.63) is 0 Å². The Balaban J connectivity index is 2.20. The van der Waals surface area contributed by atoms with Gasteiger partial charge in [0.05, 0.1) is 19.3 Å². The molecule has 0 amide bonds. The molecule has 0 saturated carbocycles. The van der Waals surface area contributed by atoms with Crippen molar-refractivity contribution in [3.63, 3.8) is 0 Å². The monoisotopic (exact) mass is 381 g/mol. The lowest BCUT2D eigenvalue weighted by atomic mass is 10.2. The van der Waals surface area contributed by atoms with Crippen LogP contribution in [0, 0.1) is 5.92 Å². The van der Waals surface area contributed by atoms with Crippen LogP contribution < -0.4 is 10.6 Å². The molecular formula is C17H34F3N5O. The number of rotatable bonds is 9. The number of halogens is 3. The molecule has 1 heterocycles. The SMILES string of the molecule is CN=C(NCCCN(C)CC(F)(F)F)NCC1CN(CC(C)C)CCO1. The van der Waals surface area contributed by atoms with Crippen LogP contribution in [0.15, 0.2) is 4.99 Å². The molecule has 6 nitrogen and oxygen atoms in total. The summed E-state index contributed by atoms with van der Waals surface area (Å²) < 4.78 is 42.6. The van der Waals surface area contributed by atoms with E-state index in [0.29, 0.717) is 37.9 Å². The van der Waals surface area contributed by atoms with Crippen molar-refractivity contribution in [2.75, 3.05) is 66.5 Å². The van der Waals surface area contributed by atoms with Crippen LogP contribution in [0.3, 0.4) is 0 Å². The summed E-state index contributed by atoms with van der Waals surface area (Å²) in [6, 6.07) is 0. The quantitative estimate of drug-likeness (QED) is 0.359. The zero-order valence-corrected chi connectivity index (χ0v) is 16.4. The zero-order chi connectivity index (χ0) is 19.6. The number of hydrogen-bond donors (Lipinski definition) is 2. The Bertz CT molecular complexity index is 418. The Morgan fingerprint density at radius 2 is 2.08 bits per heavy atom. The standard InChI is InChI=1S/C17H34F3N5O/c1-14(2)11-25-8-9-26-15(12-25)10-23-16(21-3)22-6-5-7-24(4)13-17(18,19)20/h14-15H,5-13H2,1-4H3,(H2,21,22,23). The lowest BCUT2D eigenvalue weighted by molar-refractivity contribution is -0.143. The predicted molar refractivity (Wildman–Crippen MR) is 98.6 cm³/mol. The highest BCUT2D eigenvalue weighted by Crippen LogP contribution is 2.15. The third kappa shape index (κ3) is 10.8. The van der Waals surface area contributed by atoms with Gasteiger partial charge in [-0.3, -0.25) is 14.8 Å². The Labute approximate surface area is 155 Å². The van der Waals surface area contributed by atoms with E-state index in [1.165, 1.54) is 11.9 Å². The van der Waals surface area contributed by atoms with Crippen molar-refractivity contribution >= 4 is 5.96 Å². The number of nitrogens with zero attached hydrogens (tertiary/aromatic N) is 3. The number of alkyl halides is 3. The first kappa shape index (κ1) is 23.0. The second-order valence-corrected chi connectivity index (χ2v) is 7.23. The molecule has 0 aromatic heterocycles. The van der Waals surface area contributed by atoms with Gasteiger partial charge in [-0.1, -0.05) is 13.8 Å². The second kappa shape index (κ2) is 11.6. The van der Waals surface area contributed by atoms with E-state index in [-0.39, 0.29) is 6.10 Å². The van der Waals surface area contributed by atoms with Crippen LogP contribution in [0.5, 0.6) is 0 Å². The van der Waals surface area contributed by atoms with Gasteiger partial charge in [-0.05, 0) is 25.9 Å². The number of ether oxygens (including phenoxy) is 1. The molecule has 2 N–H and O–H groups in total. The van der Waals surface area contributed by atoms with Crippen LogP contribution >= 0.6 is 0 Å². The third-order valence-electron chi connectivity index (χ3n) is 4.03. The fraction of sp³-hybridized carbons (Fsp3) is 0.941. The van der Waals surface area contributed by atoms with Crippen molar-refractivity contribution < 1.29 is 17.9 Å². The molecule has 154 valence electrons. The highest BCUT2D eigenvalue weighted by molar-refractivity contribution is 5.79. The van der Waals surface area contributed by atoms with Gasteiger partial charge in [0.2, 0.25) is 0 Å². The zero-order valence-electron chi connectivity index (χ0n) is 16.4. The Kier molecular flexibility index (Phi) is 10.3. The van der Waals surface area contributed by atoms with E-state index < -0.39 is 12.7 Å². The second-order valence-electron chi connectivity index (χ2n) is 7.23. The largest absolute Gasteiger partial charge is 0.401 e. The average molecular weight is 381 g/mol. The van der Waals surface area contributed by atoms with Gasteiger partial charge in [-0.2, -0.15) is 13.2 Å². The van der Waals surface area contributed by atoms with E-state index >= 15 is 0 Å². The van der Waals surface area contributed by atoms with E-state index in [1.54, 1.807) is 7.05 Å². The first-order valence-corrected chi connectivity index (χ1v) is 9.23. The summed E-state index contributed by atoms with van der Waals surface area (Å²) in [6.45, 7) is 8.79. The molecule has 26 heavy (non-hydrogen) atoms. The number of aliphatic imine (C=N–C) groups is 1. The molecule has 0 aliphatic carbocycles. The van der Waals surface area contributed by atoms with Crippen molar-refractivity contribution in [1.82, 2.24) is 20.4 Å². The molecule has 1 aliphatic heterocycles. The molecule has 1 fully saturated rings. The summed E-state index contributed by atoms with van der Waals surface area (Å²) in [6.07, 6.45) is -3.43. The smallest absolute Gasteiger partial charge is 0.374 e. The molecule has 0 spiro atoms. The van der Waals surface area contributed by atoms with Gasteiger partial charge in [0.15, 0.2) is 5.96 Å². The molecule has 0 aromatic rings. The van der Waals surface area contributed by atoms with Gasteiger partial charge in [0.1, 0.15) is 0 Å². The van der Waals surface area contributed by atoms with Crippen molar-refractivity contribution in [1.29, 1.82) is 0 Å². The van der Waals surface area contributed by atoms with Gasteiger partial charge in [0, 0.05) is 39.8 Å². The summed E-state index contributed by atoms with van der Waals surface area (Å²) in [5, 5.41) is 6.37. The summed E-state index contributed by atoms with van der Waals surface area (Å²) in [4.78, 5) is 7.83. The van der Waals surface area contributed by atoms with E-state index in [9.17, 15) is 13.2 Å². The molecule has 9 heteroatoms. The minimum absolute atomic E-state index is 0.110. The molecule has 1 unspecified atom stereocenters. The first-order valence-electron chi connectivity index (χ1n) is 9.23. The Hall–Kier alpha value is -1.06. The van der Waals surface area contributed by atoms with Gasteiger partial charge in [0.25, 0.3) is 0 Å². The molecule has 1 atom stereocenters. The van der Waals surface area contributed by atoms with Gasteiger partial charge < -0.3 is 15.4 Å². The summed E-state index contributed by atoms with van der Waals surface area (Å²) in [5.41, 5.74) is 0. The van der Waals surface area contributed by atoms with Crippen LogP contribution in [0.4, 0.5) is 13.2 Å². The summed E-state index contributed by atoms with van der Waals surface area (Å²) in [7, 11) is 3.15. The van der Waals surface area contributed by atoms with Crippen LogP contribution in [0.2, 0.25) is 0 Å². The Morgan fingerprint density at radius 1 is 1.35 bits per heavy atom. The molecule has 1 saturated heterocycles. The maximum absolute atomic E-state index is 12.3. The molecule has 1 rings (SSSR count). The number of morpholine rings is 1. The van der Waals surface area contributed by atoms with Crippen LogP contribution in [0.1, 0.15) is 20.3 Å². The number of nitrogens with one attached hydrogen (secondary N) is 2. The van der Waals surface area contributed by atoms with Crippen LogP contribution in [-0.4, -0.2) is 94.6 Å². The highest BCUT2D eigenvalue weighted by Gasteiger charge is 2.28. The first-order chi connectivity index (χ1) is 12.2. The van der Waals surface area contributed by atoms with Crippen molar-refractivity contribution in [2.45, 2.75) is 32.5 Å². The predicted octanol–water partition coefficient (Wildman–Crippen LogP) is 1.39. The van der Waals surface area contributed by atoms with Gasteiger partial charge in [-0.25, -0.2) is 0 Å². The van der Waals surface area contributed by atoms with E-state index in [1.807, 2.05) is 0 Å². The van der Waals surface area contributed by atoms with Gasteiger partial charge >= 0.3 is 6.18 Å². The normalized spacial score (nSPS) is 20.0. The molecule has 1 aliphatic rings. The number of guanidine groups is 1.